The summed E-state index contributed by atoms with van der Waals surface area (Å²) >= 11 is 0. The van der Waals surface area contributed by atoms with E-state index < -0.39 is 0 Å². The Hall–Kier alpha value is -2.15. The molecule has 2 rings (SSSR count). The van der Waals surface area contributed by atoms with E-state index in [4.69, 9.17) is 10.4 Å². The molecule has 0 spiro atoms. The molecule has 0 aromatic carbocycles. The molecular formula is C9H12N6O. The van der Waals surface area contributed by atoms with E-state index in [0.717, 1.165) is 11.3 Å². The van der Waals surface area contributed by atoms with Crippen molar-refractivity contribution in [3.63, 3.8) is 0 Å². The Morgan fingerprint density at radius 1 is 1.50 bits per heavy atom. The van der Waals surface area contributed by atoms with Crippen LogP contribution in [0.2, 0.25) is 0 Å². The molecule has 7 heteroatoms. The zero-order valence-corrected chi connectivity index (χ0v) is 8.77. The molecule has 4 N–H and O–H groups in total. The highest BCUT2D eigenvalue weighted by molar-refractivity contribution is 5.46. The summed E-state index contributed by atoms with van der Waals surface area (Å²) in [5.74, 6) is 6.31. The van der Waals surface area contributed by atoms with Crippen LogP contribution in [0.25, 0.3) is 0 Å². The van der Waals surface area contributed by atoms with E-state index in [0.29, 0.717) is 18.3 Å². The van der Waals surface area contributed by atoms with Crippen LogP contribution in [-0.4, -0.2) is 15.1 Å². The minimum absolute atomic E-state index is 0.369. The van der Waals surface area contributed by atoms with Crippen LogP contribution in [-0.2, 0) is 6.54 Å². The molecule has 0 fully saturated rings. The topological polar surface area (TPSA) is 102 Å². The highest BCUT2D eigenvalue weighted by atomic mass is 16.5. The maximum absolute atomic E-state index is 5.23. The van der Waals surface area contributed by atoms with Gasteiger partial charge in [-0.2, -0.15) is 4.98 Å². The summed E-state index contributed by atoms with van der Waals surface area (Å²) in [5, 5.41) is 6.90. The van der Waals surface area contributed by atoms with Crippen molar-refractivity contribution >= 4 is 11.8 Å². The molecule has 0 amide bonds. The fourth-order valence-corrected chi connectivity index (χ4v) is 1.19. The van der Waals surface area contributed by atoms with Gasteiger partial charge in [0.05, 0.1) is 6.54 Å². The van der Waals surface area contributed by atoms with Gasteiger partial charge in [0.15, 0.2) is 0 Å². The maximum atomic E-state index is 5.23. The largest absolute Gasteiger partial charge is 0.364 e. The lowest BCUT2D eigenvalue weighted by atomic mass is 10.3. The van der Waals surface area contributed by atoms with E-state index in [-0.39, 0.29) is 0 Å². The second-order valence-corrected chi connectivity index (χ2v) is 3.21. The summed E-state index contributed by atoms with van der Waals surface area (Å²) in [6.45, 7) is 2.45. The van der Waals surface area contributed by atoms with Crippen molar-refractivity contribution in [2.45, 2.75) is 13.5 Å². The molecular weight excluding hydrogens is 208 g/mol. The number of aryl methyl sites for hydroxylation is 1. The van der Waals surface area contributed by atoms with E-state index in [1.165, 1.54) is 6.26 Å². The third kappa shape index (κ3) is 2.26. The predicted octanol–water partition coefficient (Wildman–Crippen LogP) is 0.671. The van der Waals surface area contributed by atoms with Crippen LogP contribution in [0.15, 0.2) is 23.0 Å². The Kier molecular flexibility index (Phi) is 2.97. The van der Waals surface area contributed by atoms with Crippen molar-refractivity contribution < 1.29 is 4.52 Å². The summed E-state index contributed by atoms with van der Waals surface area (Å²) in [4.78, 5) is 8.15. The normalized spacial score (nSPS) is 10.1. The number of hydrazine groups is 1. The van der Waals surface area contributed by atoms with Crippen molar-refractivity contribution in [2.24, 2.45) is 5.84 Å². The van der Waals surface area contributed by atoms with Gasteiger partial charge in [0.1, 0.15) is 17.8 Å². The predicted molar refractivity (Wildman–Crippen MR) is 58.4 cm³/mol. The fourth-order valence-electron chi connectivity index (χ4n) is 1.19. The van der Waals surface area contributed by atoms with Gasteiger partial charge in [0.2, 0.25) is 5.95 Å². The first-order valence-electron chi connectivity index (χ1n) is 4.73. The van der Waals surface area contributed by atoms with Crippen molar-refractivity contribution in [1.82, 2.24) is 15.1 Å². The molecule has 0 unspecified atom stereocenters. The van der Waals surface area contributed by atoms with Crippen LogP contribution >= 0.6 is 0 Å². The number of nitrogens with two attached hydrogens (primary N) is 1. The van der Waals surface area contributed by atoms with E-state index in [2.05, 4.69) is 25.9 Å². The van der Waals surface area contributed by atoms with E-state index in [9.17, 15) is 0 Å². The lowest BCUT2D eigenvalue weighted by Gasteiger charge is -2.07. The van der Waals surface area contributed by atoms with Crippen molar-refractivity contribution in [3.8, 4) is 0 Å². The van der Waals surface area contributed by atoms with Crippen LogP contribution in [0.5, 0.6) is 0 Å². The molecule has 0 aliphatic heterocycles. The van der Waals surface area contributed by atoms with Crippen molar-refractivity contribution in [1.29, 1.82) is 0 Å². The Morgan fingerprint density at radius 3 is 3.06 bits per heavy atom. The Balaban J connectivity index is 2.08. The molecule has 0 saturated carbocycles. The molecule has 16 heavy (non-hydrogen) atoms. The number of rotatable bonds is 4. The summed E-state index contributed by atoms with van der Waals surface area (Å²) in [7, 11) is 0. The second kappa shape index (κ2) is 4.58. The Bertz CT molecular complexity index is 455. The lowest BCUT2D eigenvalue weighted by molar-refractivity contribution is 0.412. The van der Waals surface area contributed by atoms with Gasteiger partial charge in [-0.25, -0.2) is 10.8 Å². The molecule has 84 valence electrons. The number of nitrogens with one attached hydrogen (secondary N) is 2. The minimum atomic E-state index is 0.369. The third-order valence-corrected chi connectivity index (χ3v) is 2.03. The van der Waals surface area contributed by atoms with E-state index >= 15 is 0 Å². The molecule has 0 saturated heterocycles. The molecule has 0 atom stereocenters. The summed E-state index contributed by atoms with van der Waals surface area (Å²) in [6, 6.07) is 1.78. The van der Waals surface area contributed by atoms with Crippen LogP contribution in [0.1, 0.15) is 11.3 Å². The average Bonchev–Trinajstić information content (AvgIpc) is 2.81. The molecule has 7 nitrogen and oxygen atoms in total. The monoisotopic (exact) mass is 220 g/mol. The van der Waals surface area contributed by atoms with Crippen LogP contribution in [0, 0.1) is 6.92 Å². The highest BCUT2D eigenvalue weighted by Gasteiger charge is 2.03. The maximum Gasteiger partial charge on any atom is 0.239 e. The number of anilines is 2. The summed E-state index contributed by atoms with van der Waals surface area (Å²) < 4.78 is 4.72. The molecule has 2 heterocycles. The smallest absolute Gasteiger partial charge is 0.239 e. The molecule has 0 bridgehead atoms. The minimum Gasteiger partial charge on any atom is -0.364 e. The van der Waals surface area contributed by atoms with Gasteiger partial charge in [0.25, 0.3) is 0 Å². The van der Waals surface area contributed by atoms with Gasteiger partial charge in [-0.1, -0.05) is 5.16 Å². The van der Waals surface area contributed by atoms with E-state index in [1.807, 2.05) is 6.92 Å². The van der Waals surface area contributed by atoms with E-state index in [1.54, 1.807) is 12.3 Å². The summed E-state index contributed by atoms with van der Waals surface area (Å²) in [6.07, 6.45) is 3.21. The van der Waals surface area contributed by atoms with Crippen LogP contribution < -0.4 is 16.6 Å². The van der Waals surface area contributed by atoms with Gasteiger partial charge >= 0.3 is 0 Å². The molecule has 0 radical (unpaired) electrons. The number of hydrogen-bond acceptors (Lipinski definition) is 7. The zero-order valence-electron chi connectivity index (χ0n) is 8.77. The lowest BCUT2D eigenvalue weighted by Crippen LogP contribution is -2.12. The first-order chi connectivity index (χ1) is 7.79. The number of nitrogen functional groups attached to an aromatic ring is 1. The van der Waals surface area contributed by atoms with Gasteiger partial charge in [-0.05, 0) is 6.92 Å². The standard InChI is InChI=1S/C9H12N6O/c1-6-4-12-9(14-10)13-8(6)11-5-7-2-3-16-15-7/h2-4H,5,10H2,1H3,(H2,11,12,13,14). The summed E-state index contributed by atoms with van der Waals surface area (Å²) in [5.41, 5.74) is 4.13. The first-order valence-corrected chi connectivity index (χ1v) is 4.73. The number of nitrogens with zero attached hydrogens (tertiary/aromatic N) is 3. The highest BCUT2D eigenvalue weighted by Crippen LogP contribution is 2.12. The van der Waals surface area contributed by atoms with Crippen LogP contribution in [0.3, 0.4) is 0 Å². The van der Waals surface area contributed by atoms with Gasteiger partial charge < -0.3 is 9.84 Å². The van der Waals surface area contributed by atoms with Crippen LogP contribution in [0.4, 0.5) is 11.8 Å². The Labute approximate surface area is 92.0 Å². The molecule has 2 aromatic heterocycles. The number of aromatic nitrogens is 3. The third-order valence-electron chi connectivity index (χ3n) is 2.03. The van der Waals surface area contributed by atoms with Crippen molar-refractivity contribution in [3.05, 3.63) is 29.8 Å². The zero-order chi connectivity index (χ0) is 11.4. The average molecular weight is 220 g/mol. The van der Waals surface area contributed by atoms with Gasteiger partial charge in [-0.3, -0.25) is 5.43 Å². The quantitative estimate of drug-likeness (QED) is 0.514. The molecule has 2 aromatic rings. The van der Waals surface area contributed by atoms with Crippen molar-refractivity contribution in [2.75, 3.05) is 10.7 Å². The molecule has 0 aliphatic rings. The van der Waals surface area contributed by atoms with Gasteiger partial charge in [0, 0.05) is 17.8 Å². The Morgan fingerprint density at radius 2 is 2.38 bits per heavy atom. The van der Waals surface area contributed by atoms with Gasteiger partial charge in [-0.15, -0.1) is 0 Å². The first kappa shape index (κ1) is 10.4. The SMILES string of the molecule is Cc1cnc(NN)nc1NCc1ccon1. The number of hydrogen-bond donors (Lipinski definition) is 3. The second-order valence-electron chi connectivity index (χ2n) is 3.21. The molecule has 0 aliphatic carbocycles. The fraction of sp³-hybridized carbons (Fsp3) is 0.222.